The van der Waals surface area contributed by atoms with E-state index in [2.05, 4.69) is 9.97 Å². The minimum absolute atomic E-state index is 0.0699. The fourth-order valence-corrected chi connectivity index (χ4v) is 4.74. The SMILES string of the molecule is CN1CCC(Oc2cc(Oc3ccc(S(C)(=O)=O)nc3)cc(-c3ccc(C(=O)OCc4ccccc4)[nH]3)c2)C1=O. The lowest BCUT2D eigenvalue weighted by Gasteiger charge is -2.15. The van der Waals surface area contributed by atoms with Gasteiger partial charge in [0.1, 0.15) is 29.5 Å². The van der Waals surface area contributed by atoms with Crippen LogP contribution in [0.3, 0.4) is 0 Å². The molecule has 2 aromatic carbocycles. The average Bonchev–Trinajstić information content (AvgIpc) is 3.55. The number of H-pyrrole nitrogens is 1. The van der Waals surface area contributed by atoms with E-state index < -0.39 is 21.9 Å². The zero-order chi connectivity index (χ0) is 28.3. The summed E-state index contributed by atoms with van der Waals surface area (Å²) in [4.78, 5) is 33.7. The molecule has 1 N–H and O–H groups in total. The topological polar surface area (TPSA) is 128 Å². The highest BCUT2D eigenvalue weighted by molar-refractivity contribution is 7.90. The summed E-state index contributed by atoms with van der Waals surface area (Å²) < 4.78 is 40.9. The van der Waals surface area contributed by atoms with E-state index in [1.807, 2.05) is 30.3 Å². The molecule has 3 heterocycles. The van der Waals surface area contributed by atoms with Gasteiger partial charge in [-0.05, 0) is 42.0 Å². The number of likely N-dealkylation sites (tertiary alicyclic amines) is 1. The third kappa shape index (κ3) is 6.32. The predicted molar refractivity (Wildman–Crippen MR) is 146 cm³/mol. The van der Waals surface area contributed by atoms with E-state index in [1.165, 1.54) is 18.3 Å². The van der Waals surface area contributed by atoms with E-state index in [0.29, 0.717) is 41.5 Å². The molecule has 10 nitrogen and oxygen atoms in total. The standard InChI is InChI=1S/C29H27N3O7S/c1-32-13-12-26(28(32)33)39-23-15-20(14-22(16-23)38-21-8-11-27(30-17-21)40(2,35)36)24-9-10-25(31-24)29(34)37-18-19-6-4-3-5-7-19/h3-11,14-17,26,31H,12-13,18H2,1-2H3. The van der Waals surface area contributed by atoms with Crippen molar-refractivity contribution in [3.63, 3.8) is 0 Å². The number of esters is 1. The maximum Gasteiger partial charge on any atom is 0.355 e. The molecule has 0 spiro atoms. The molecule has 2 aromatic heterocycles. The van der Waals surface area contributed by atoms with Crippen LogP contribution in [0.15, 0.2) is 84.0 Å². The first kappa shape index (κ1) is 26.9. The van der Waals surface area contributed by atoms with E-state index in [9.17, 15) is 18.0 Å². The van der Waals surface area contributed by atoms with Gasteiger partial charge in [-0.3, -0.25) is 4.79 Å². The summed E-state index contributed by atoms with van der Waals surface area (Å²) in [5, 5.41) is -0.0699. The van der Waals surface area contributed by atoms with Crippen molar-refractivity contribution in [1.29, 1.82) is 0 Å². The molecule has 1 aliphatic rings. The fourth-order valence-electron chi connectivity index (χ4n) is 4.18. The summed E-state index contributed by atoms with van der Waals surface area (Å²) in [5.41, 5.74) is 2.38. The molecule has 0 bridgehead atoms. The van der Waals surface area contributed by atoms with Crippen molar-refractivity contribution in [2.75, 3.05) is 19.8 Å². The van der Waals surface area contributed by atoms with Crippen LogP contribution in [-0.2, 0) is 26.0 Å². The number of carbonyl (C=O) groups excluding carboxylic acids is 2. The first-order valence-corrected chi connectivity index (χ1v) is 14.4. The minimum atomic E-state index is -3.45. The quantitative estimate of drug-likeness (QED) is 0.301. The molecule has 1 fully saturated rings. The van der Waals surface area contributed by atoms with Crippen LogP contribution in [0, 0.1) is 0 Å². The Bertz CT molecular complexity index is 1630. The predicted octanol–water partition coefficient (Wildman–Crippen LogP) is 4.24. The van der Waals surface area contributed by atoms with Crippen molar-refractivity contribution in [1.82, 2.24) is 14.9 Å². The van der Waals surface area contributed by atoms with Gasteiger partial charge in [-0.2, -0.15) is 0 Å². The molecular formula is C29H27N3O7S. The molecule has 11 heteroatoms. The van der Waals surface area contributed by atoms with Crippen molar-refractivity contribution in [3.05, 3.63) is 90.3 Å². The first-order chi connectivity index (χ1) is 19.2. The monoisotopic (exact) mass is 561 g/mol. The molecule has 1 amide bonds. The second kappa shape index (κ2) is 11.2. The molecule has 40 heavy (non-hydrogen) atoms. The summed E-state index contributed by atoms with van der Waals surface area (Å²) in [6.07, 6.45) is 2.31. The summed E-state index contributed by atoms with van der Waals surface area (Å²) in [6, 6.07) is 20.7. The number of benzene rings is 2. The molecule has 206 valence electrons. The maximum atomic E-state index is 12.6. The number of sulfone groups is 1. The van der Waals surface area contributed by atoms with Gasteiger partial charge >= 0.3 is 5.97 Å². The van der Waals surface area contributed by atoms with Gasteiger partial charge in [0, 0.05) is 43.6 Å². The number of nitrogens with zero attached hydrogens (tertiary/aromatic N) is 2. The highest BCUT2D eigenvalue weighted by Crippen LogP contribution is 2.33. The van der Waals surface area contributed by atoms with E-state index in [0.717, 1.165) is 11.8 Å². The third-order valence-corrected chi connectivity index (χ3v) is 7.29. The van der Waals surface area contributed by atoms with Crippen LogP contribution < -0.4 is 9.47 Å². The number of carbonyl (C=O) groups is 2. The summed E-state index contributed by atoms with van der Waals surface area (Å²) in [5.74, 6) is 0.448. The number of amides is 1. The van der Waals surface area contributed by atoms with Gasteiger partial charge in [0.15, 0.2) is 21.0 Å². The molecular weight excluding hydrogens is 534 g/mol. The van der Waals surface area contributed by atoms with Crippen LogP contribution in [0.25, 0.3) is 11.3 Å². The Hall–Kier alpha value is -4.64. The lowest BCUT2D eigenvalue weighted by molar-refractivity contribution is -0.132. The number of hydrogen-bond donors (Lipinski definition) is 1. The fraction of sp³-hybridized carbons (Fsp3) is 0.207. The van der Waals surface area contributed by atoms with Crippen molar-refractivity contribution in [2.24, 2.45) is 0 Å². The van der Waals surface area contributed by atoms with Crippen LogP contribution in [0.4, 0.5) is 0 Å². The highest BCUT2D eigenvalue weighted by atomic mass is 32.2. The normalized spacial score (nSPS) is 15.2. The van der Waals surface area contributed by atoms with Crippen LogP contribution >= 0.6 is 0 Å². The third-order valence-electron chi connectivity index (χ3n) is 6.29. The van der Waals surface area contributed by atoms with Gasteiger partial charge in [0.2, 0.25) is 0 Å². The molecule has 1 atom stereocenters. The van der Waals surface area contributed by atoms with Crippen LogP contribution in [0.5, 0.6) is 17.2 Å². The zero-order valence-corrected chi connectivity index (χ0v) is 22.7. The molecule has 0 radical (unpaired) electrons. The van der Waals surface area contributed by atoms with Gasteiger partial charge < -0.3 is 24.1 Å². The van der Waals surface area contributed by atoms with Gasteiger partial charge in [-0.15, -0.1) is 0 Å². The zero-order valence-electron chi connectivity index (χ0n) is 21.9. The maximum absolute atomic E-state index is 12.6. The van der Waals surface area contributed by atoms with Crippen molar-refractivity contribution >= 4 is 21.7 Å². The number of aromatic amines is 1. The highest BCUT2D eigenvalue weighted by Gasteiger charge is 2.31. The lowest BCUT2D eigenvalue weighted by Crippen LogP contribution is -2.29. The number of pyridine rings is 1. The average molecular weight is 562 g/mol. The summed E-state index contributed by atoms with van der Waals surface area (Å²) >= 11 is 0. The van der Waals surface area contributed by atoms with Gasteiger partial charge in [0.25, 0.3) is 5.91 Å². The van der Waals surface area contributed by atoms with Crippen molar-refractivity contribution in [2.45, 2.75) is 24.2 Å². The molecule has 0 aliphatic carbocycles. The second-order valence-corrected chi connectivity index (χ2v) is 11.4. The largest absolute Gasteiger partial charge is 0.480 e. The molecule has 5 rings (SSSR count). The first-order valence-electron chi connectivity index (χ1n) is 12.5. The van der Waals surface area contributed by atoms with E-state index >= 15 is 0 Å². The van der Waals surface area contributed by atoms with Crippen LogP contribution in [-0.4, -0.2) is 61.1 Å². The number of hydrogen-bond acceptors (Lipinski definition) is 8. The number of rotatable bonds is 9. The number of aromatic nitrogens is 2. The van der Waals surface area contributed by atoms with Crippen molar-refractivity contribution in [3.8, 4) is 28.5 Å². The van der Waals surface area contributed by atoms with Gasteiger partial charge in [-0.1, -0.05) is 30.3 Å². The number of likely N-dealkylation sites (N-methyl/N-ethyl adjacent to an activating group) is 1. The minimum Gasteiger partial charge on any atom is -0.480 e. The van der Waals surface area contributed by atoms with Crippen LogP contribution in [0.2, 0.25) is 0 Å². The smallest absolute Gasteiger partial charge is 0.355 e. The van der Waals surface area contributed by atoms with Crippen molar-refractivity contribution < 1.29 is 32.2 Å². The summed E-state index contributed by atoms with van der Waals surface area (Å²) in [7, 11) is -1.73. The van der Waals surface area contributed by atoms with Gasteiger partial charge in [-0.25, -0.2) is 18.2 Å². The molecule has 0 saturated carbocycles. The Kier molecular flexibility index (Phi) is 7.56. The molecule has 1 unspecified atom stereocenters. The number of ether oxygens (including phenoxy) is 3. The molecule has 4 aromatic rings. The Labute approximate surface area is 231 Å². The Morgan fingerprint density at radius 1 is 1.02 bits per heavy atom. The van der Waals surface area contributed by atoms with E-state index in [4.69, 9.17) is 14.2 Å². The Morgan fingerprint density at radius 3 is 2.48 bits per heavy atom. The van der Waals surface area contributed by atoms with E-state index in [-0.39, 0.29) is 23.2 Å². The lowest BCUT2D eigenvalue weighted by atomic mass is 10.1. The second-order valence-electron chi connectivity index (χ2n) is 9.40. The Morgan fingerprint density at radius 2 is 1.80 bits per heavy atom. The van der Waals surface area contributed by atoms with Gasteiger partial charge in [0.05, 0.1) is 6.20 Å². The molecule has 1 saturated heterocycles. The van der Waals surface area contributed by atoms with Crippen LogP contribution in [0.1, 0.15) is 22.5 Å². The summed E-state index contributed by atoms with van der Waals surface area (Å²) in [6.45, 7) is 0.737. The molecule has 1 aliphatic heterocycles. The number of nitrogens with one attached hydrogen (secondary N) is 1. The Balaban J connectivity index is 1.40. The van der Waals surface area contributed by atoms with E-state index in [1.54, 1.807) is 42.3 Å².